The lowest BCUT2D eigenvalue weighted by molar-refractivity contribution is -0.139. The summed E-state index contributed by atoms with van der Waals surface area (Å²) in [5.74, 6) is -1.72. The molecule has 4 nitrogen and oxygen atoms in total. The van der Waals surface area contributed by atoms with Gasteiger partial charge >= 0.3 is 5.97 Å². The SMILES string of the molecule is O=C(O)C1CCCc2c1cnn2-c1ccccc1F. The number of hydrogen-bond acceptors (Lipinski definition) is 2. The van der Waals surface area contributed by atoms with Gasteiger partial charge in [0, 0.05) is 11.3 Å². The summed E-state index contributed by atoms with van der Waals surface area (Å²) in [6, 6.07) is 6.38. The molecule has 1 unspecified atom stereocenters. The standard InChI is InChI=1S/C14H13FN2O2/c15-11-5-1-2-6-13(11)17-12-7-3-4-9(14(18)19)10(12)8-16-17/h1-2,5-6,8-9H,3-4,7H2,(H,18,19). The number of benzene rings is 1. The fraction of sp³-hybridized carbons (Fsp3) is 0.286. The van der Waals surface area contributed by atoms with Crippen molar-refractivity contribution in [3.8, 4) is 5.69 Å². The number of carbonyl (C=O) groups is 1. The van der Waals surface area contributed by atoms with Crippen molar-refractivity contribution >= 4 is 5.97 Å². The normalized spacial score (nSPS) is 18.1. The molecule has 0 amide bonds. The monoisotopic (exact) mass is 260 g/mol. The molecule has 0 saturated heterocycles. The van der Waals surface area contributed by atoms with Gasteiger partial charge in [-0.25, -0.2) is 9.07 Å². The summed E-state index contributed by atoms with van der Waals surface area (Å²) in [6.07, 6.45) is 3.68. The van der Waals surface area contributed by atoms with Crippen molar-refractivity contribution in [1.29, 1.82) is 0 Å². The number of carboxylic acids is 1. The molecule has 1 aromatic carbocycles. The molecule has 1 aromatic heterocycles. The highest BCUT2D eigenvalue weighted by molar-refractivity contribution is 5.76. The molecule has 0 saturated carbocycles. The first-order chi connectivity index (χ1) is 9.18. The maximum absolute atomic E-state index is 13.8. The Bertz CT molecular complexity index is 636. The van der Waals surface area contributed by atoms with E-state index < -0.39 is 11.9 Å². The van der Waals surface area contributed by atoms with Crippen LogP contribution in [0.25, 0.3) is 5.69 Å². The Hall–Kier alpha value is -2.17. The van der Waals surface area contributed by atoms with Crippen LogP contribution < -0.4 is 0 Å². The summed E-state index contributed by atoms with van der Waals surface area (Å²) >= 11 is 0. The molecule has 19 heavy (non-hydrogen) atoms. The molecule has 2 aromatic rings. The minimum Gasteiger partial charge on any atom is -0.481 e. The summed E-state index contributed by atoms with van der Waals surface area (Å²) < 4.78 is 15.3. The molecule has 1 aliphatic rings. The Morgan fingerprint density at radius 2 is 2.21 bits per heavy atom. The zero-order chi connectivity index (χ0) is 13.4. The Kier molecular flexibility index (Phi) is 2.81. The van der Waals surface area contributed by atoms with Crippen molar-refractivity contribution in [3.63, 3.8) is 0 Å². The molecule has 1 atom stereocenters. The van der Waals surface area contributed by atoms with Gasteiger partial charge in [-0.1, -0.05) is 12.1 Å². The predicted molar refractivity (Wildman–Crippen MR) is 66.8 cm³/mol. The van der Waals surface area contributed by atoms with Crippen LogP contribution in [0.2, 0.25) is 0 Å². The lowest BCUT2D eigenvalue weighted by atomic mass is 9.87. The highest BCUT2D eigenvalue weighted by Crippen LogP contribution is 2.33. The highest BCUT2D eigenvalue weighted by Gasteiger charge is 2.29. The topological polar surface area (TPSA) is 55.1 Å². The Balaban J connectivity index is 2.11. The molecule has 3 rings (SSSR count). The summed E-state index contributed by atoms with van der Waals surface area (Å²) in [5, 5.41) is 13.4. The van der Waals surface area contributed by atoms with Crippen LogP contribution in [0.15, 0.2) is 30.5 Å². The molecule has 1 heterocycles. The number of nitrogens with zero attached hydrogens (tertiary/aromatic N) is 2. The Morgan fingerprint density at radius 3 is 2.95 bits per heavy atom. The smallest absolute Gasteiger partial charge is 0.311 e. The molecule has 0 bridgehead atoms. The highest BCUT2D eigenvalue weighted by atomic mass is 19.1. The zero-order valence-corrected chi connectivity index (χ0v) is 10.2. The van der Waals surface area contributed by atoms with E-state index in [0.717, 1.165) is 18.5 Å². The second kappa shape index (κ2) is 4.50. The largest absolute Gasteiger partial charge is 0.481 e. The number of hydrogen-bond donors (Lipinski definition) is 1. The van der Waals surface area contributed by atoms with Gasteiger partial charge in [0.15, 0.2) is 0 Å². The van der Waals surface area contributed by atoms with Crippen molar-refractivity contribution in [2.24, 2.45) is 0 Å². The average molecular weight is 260 g/mol. The van der Waals surface area contributed by atoms with Crippen LogP contribution >= 0.6 is 0 Å². The number of rotatable bonds is 2. The first-order valence-electron chi connectivity index (χ1n) is 6.23. The second-order valence-corrected chi connectivity index (χ2v) is 4.69. The quantitative estimate of drug-likeness (QED) is 0.902. The van der Waals surface area contributed by atoms with Gasteiger partial charge in [0.2, 0.25) is 0 Å². The van der Waals surface area contributed by atoms with E-state index in [1.807, 2.05) is 0 Å². The first kappa shape index (κ1) is 11.9. The molecular weight excluding hydrogens is 247 g/mol. The van der Waals surface area contributed by atoms with Crippen molar-refractivity contribution in [2.75, 3.05) is 0 Å². The maximum atomic E-state index is 13.8. The summed E-state index contributed by atoms with van der Waals surface area (Å²) in [5.41, 5.74) is 1.89. The molecule has 0 spiro atoms. The van der Waals surface area contributed by atoms with Gasteiger partial charge in [0.05, 0.1) is 12.1 Å². The third-order valence-electron chi connectivity index (χ3n) is 3.56. The third kappa shape index (κ3) is 1.91. The van der Waals surface area contributed by atoms with Crippen LogP contribution in [0.1, 0.15) is 30.0 Å². The first-order valence-corrected chi connectivity index (χ1v) is 6.23. The number of fused-ring (bicyclic) bond motifs is 1. The lowest BCUT2D eigenvalue weighted by Crippen LogP contribution is -2.18. The molecule has 0 radical (unpaired) electrons. The minimum atomic E-state index is -0.839. The maximum Gasteiger partial charge on any atom is 0.311 e. The Labute approximate surface area is 109 Å². The van der Waals surface area contributed by atoms with Gasteiger partial charge < -0.3 is 5.11 Å². The molecule has 0 fully saturated rings. The van der Waals surface area contributed by atoms with Gasteiger partial charge in [-0.3, -0.25) is 4.79 Å². The van der Waals surface area contributed by atoms with Crippen LogP contribution in [0.3, 0.4) is 0 Å². The van der Waals surface area contributed by atoms with Gasteiger partial charge in [0.1, 0.15) is 11.5 Å². The molecular formula is C14H13FN2O2. The van der Waals surface area contributed by atoms with E-state index in [-0.39, 0.29) is 5.82 Å². The molecule has 0 aliphatic heterocycles. The molecule has 5 heteroatoms. The van der Waals surface area contributed by atoms with Crippen molar-refractivity contribution in [1.82, 2.24) is 9.78 Å². The van der Waals surface area contributed by atoms with Gasteiger partial charge in [0.25, 0.3) is 0 Å². The van der Waals surface area contributed by atoms with Crippen LogP contribution in [0.4, 0.5) is 4.39 Å². The summed E-state index contributed by atoms with van der Waals surface area (Å²) in [4.78, 5) is 11.2. The minimum absolute atomic E-state index is 0.356. The number of aromatic nitrogens is 2. The van der Waals surface area contributed by atoms with Crippen LogP contribution in [-0.4, -0.2) is 20.9 Å². The van der Waals surface area contributed by atoms with E-state index in [4.69, 9.17) is 0 Å². The fourth-order valence-corrected chi connectivity index (χ4v) is 2.64. The van der Waals surface area contributed by atoms with Crippen LogP contribution in [-0.2, 0) is 11.2 Å². The number of halogens is 1. The fourth-order valence-electron chi connectivity index (χ4n) is 2.64. The van der Waals surface area contributed by atoms with E-state index in [9.17, 15) is 14.3 Å². The third-order valence-corrected chi connectivity index (χ3v) is 3.56. The number of carboxylic acid groups (broad SMARTS) is 1. The van der Waals surface area contributed by atoms with Crippen molar-refractivity contribution < 1.29 is 14.3 Å². The van der Waals surface area contributed by atoms with Crippen LogP contribution in [0, 0.1) is 5.82 Å². The number of para-hydroxylation sites is 1. The van der Waals surface area contributed by atoms with E-state index >= 15 is 0 Å². The Morgan fingerprint density at radius 1 is 1.42 bits per heavy atom. The van der Waals surface area contributed by atoms with E-state index in [1.54, 1.807) is 24.4 Å². The van der Waals surface area contributed by atoms with Gasteiger partial charge in [-0.15, -0.1) is 0 Å². The number of aliphatic carboxylic acids is 1. The lowest BCUT2D eigenvalue weighted by Gasteiger charge is -2.19. The summed E-state index contributed by atoms with van der Waals surface area (Å²) in [7, 11) is 0. The molecule has 1 N–H and O–H groups in total. The van der Waals surface area contributed by atoms with Gasteiger partial charge in [-0.05, 0) is 31.4 Å². The molecule has 1 aliphatic carbocycles. The van der Waals surface area contributed by atoms with Crippen molar-refractivity contribution in [2.45, 2.75) is 25.2 Å². The average Bonchev–Trinajstić information content (AvgIpc) is 2.82. The zero-order valence-electron chi connectivity index (χ0n) is 10.2. The molecule has 98 valence electrons. The summed E-state index contributed by atoms with van der Waals surface area (Å²) in [6.45, 7) is 0. The van der Waals surface area contributed by atoms with E-state index in [2.05, 4.69) is 5.10 Å². The van der Waals surface area contributed by atoms with Crippen molar-refractivity contribution in [3.05, 3.63) is 47.5 Å². The van der Waals surface area contributed by atoms with Crippen LogP contribution in [0.5, 0.6) is 0 Å². The van der Waals surface area contributed by atoms with E-state index in [0.29, 0.717) is 17.7 Å². The second-order valence-electron chi connectivity index (χ2n) is 4.69. The van der Waals surface area contributed by atoms with E-state index in [1.165, 1.54) is 10.7 Å². The predicted octanol–water partition coefficient (Wildman–Crippen LogP) is 2.52. The van der Waals surface area contributed by atoms with Gasteiger partial charge in [-0.2, -0.15) is 5.10 Å².